The molecular formula is C80H156O17P2. The van der Waals surface area contributed by atoms with E-state index in [1.165, 1.54) is 205 Å². The monoisotopic (exact) mass is 1450 g/mol. The van der Waals surface area contributed by atoms with E-state index in [1.807, 2.05) is 0 Å². The van der Waals surface area contributed by atoms with Crippen LogP contribution in [0.15, 0.2) is 0 Å². The van der Waals surface area contributed by atoms with Gasteiger partial charge in [-0.05, 0) is 49.4 Å². The minimum absolute atomic E-state index is 0.104. The second-order valence-electron chi connectivity index (χ2n) is 30.0. The second-order valence-corrected chi connectivity index (χ2v) is 32.9. The molecule has 0 aliphatic heterocycles. The fourth-order valence-electron chi connectivity index (χ4n) is 12.2. The van der Waals surface area contributed by atoms with Crippen molar-refractivity contribution in [3.05, 3.63) is 0 Å². The zero-order valence-corrected chi connectivity index (χ0v) is 66.9. The minimum Gasteiger partial charge on any atom is -0.462 e. The molecule has 0 saturated carbocycles. The normalized spacial score (nSPS) is 14.9. The summed E-state index contributed by atoms with van der Waals surface area (Å²) in [6.45, 7) is 14.3. The molecule has 19 heteroatoms. The third-order valence-corrected chi connectivity index (χ3v) is 21.6. The van der Waals surface area contributed by atoms with Crippen molar-refractivity contribution in [3.63, 3.8) is 0 Å². The number of carbonyl (C=O) groups excluding carboxylic acids is 4. The van der Waals surface area contributed by atoms with E-state index in [-0.39, 0.29) is 25.7 Å². The van der Waals surface area contributed by atoms with Gasteiger partial charge in [-0.25, -0.2) is 9.13 Å². The highest BCUT2D eigenvalue weighted by Gasteiger charge is 2.30. The van der Waals surface area contributed by atoms with Gasteiger partial charge in [0.2, 0.25) is 0 Å². The van der Waals surface area contributed by atoms with E-state index >= 15 is 0 Å². The summed E-state index contributed by atoms with van der Waals surface area (Å²) in [5.41, 5.74) is 0. The summed E-state index contributed by atoms with van der Waals surface area (Å²) in [4.78, 5) is 72.9. The maximum Gasteiger partial charge on any atom is 0.472 e. The molecule has 0 radical (unpaired) electrons. The first kappa shape index (κ1) is 97.1. The molecule has 17 nitrogen and oxygen atoms in total. The van der Waals surface area contributed by atoms with Crippen LogP contribution in [0.2, 0.25) is 0 Å². The molecule has 0 heterocycles. The predicted octanol–water partition coefficient (Wildman–Crippen LogP) is 23.6. The topological polar surface area (TPSA) is 237 Å². The van der Waals surface area contributed by atoms with Crippen molar-refractivity contribution in [1.82, 2.24) is 0 Å². The molecule has 0 aliphatic carbocycles. The van der Waals surface area contributed by atoms with Crippen LogP contribution < -0.4 is 0 Å². The molecule has 0 aromatic rings. The van der Waals surface area contributed by atoms with Gasteiger partial charge in [-0.3, -0.25) is 37.3 Å². The van der Waals surface area contributed by atoms with E-state index in [1.54, 1.807) is 0 Å². The highest BCUT2D eigenvalue weighted by Crippen LogP contribution is 2.45. The van der Waals surface area contributed by atoms with Gasteiger partial charge in [-0.15, -0.1) is 0 Å². The van der Waals surface area contributed by atoms with Gasteiger partial charge in [0.05, 0.1) is 26.4 Å². The predicted molar refractivity (Wildman–Crippen MR) is 404 cm³/mol. The summed E-state index contributed by atoms with van der Waals surface area (Å²) >= 11 is 0. The molecule has 0 aromatic heterocycles. The Balaban J connectivity index is 5.22. The Hall–Kier alpha value is -1.94. The molecule has 99 heavy (non-hydrogen) atoms. The van der Waals surface area contributed by atoms with Crippen molar-refractivity contribution in [2.75, 3.05) is 39.6 Å². The van der Waals surface area contributed by atoms with E-state index < -0.39 is 97.5 Å². The zero-order chi connectivity index (χ0) is 73.1. The van der Waals surface area contributed by atoms with Gasteiger partial charge >= 0.3 is 39.5 Å². The van der Waals surface area contributed by atoms with Gasteiger partial charge in [-0.1, -0.05) is 357 Å². The summed E-state index contributed by atoms with van der Waals surface area (Å²) < 4.78 is 68.6. The van der Waals surface area contributed by atoms with E-state index in [0.29, 0.717) is 25.7 Å². The van der Waals surface area contributed by atoms with Crippen LogP contribution in [0.3, 0.4) is 0 Å². The Morgan fingerprint density at radius 3 is 0.717 bits per heavy atom. The van der Waals surface area contributed by atoms with Crippen molar-refractivity contribution < 1.29 is 80.2 Å². The Morgan fingerprint density at radius 1 is 0.283 bits per heavy atom. The lowest BCUT2D eigenvalue weighted by molar-refractivity contribution is -0.161. The van der Waals surface area contributed by atoms with Crippen LogP contribution in [0.25, 0.3) is 0 Å². The number of hydrogen-bond donors (Lipinski definition) is 3. The lowest BCUT2D eigenvalue weighted by Gasteiger charge is -2.21. The average molecular weight is 1450 g/mol. The number of esters is 4. The largest absolute Gasteiger partial charge is 0.472 e. The third kappa shape index (κ3) is 70.2. The lowest BCUT2D eigenvalue weighted by Crippen LogP contribution is -2.30. The molecular weight excluding hydrogens is 1290 g/mol. The molecule has 0 fully saturated rings. The standard InChI is InChI=1S/C80H156O17P2/c1-9-71(6)57-49-41-33-27-23-18-16-14-12-13-15-17-19-25-29-36-46-54-62-79(84)96-75(66-90-77(82)60-52-44-35-28-24-21-20-22-26-32-40-48-56-70(4)5)68-94-98(86,87)92-64-74(81)65-93-99(88,89)95-69-76(67-91-78(83)61-53-45-39-38-43-51-59-73(8)11-3)97-80(85)63-55-47-37-31-30-34-42-50-58-72(7)10-2/h70-76,81H,9-69H2,1-8H3,(H,86,87)(H,88,89)/t71?,72?,73?,74-,75-,76-/m1/s1. The quantitative estimate of drug-likeness (QED) is 0.0222. The Labute approximate surface area is 607 Å². The van der Waals surface area contributed by atoms with Crippen LogP contribution in [0.4, 0.5) is 0 Å². The number of aliphatic hydroxyl groups excluding tert-OH is 1. The highest BCUT2D eigenvalue weighted by atomic mass is 31.2. The average Bonchev–Trinajstić information content (AvgIpc) is 3.78. The number of phosphoric ester groups is 2. The molecule has 0 amide bonds. The second kappa shape index (κ2) is 69.1. The number of aliphatic hydroxyl groups is 1. The van der Waals surface area contributed by atoms with Crippen molar-refractivity contribution in [2.24, 2.45) is 23.7 Å². The first-order chi connectivity index (χ1) is 47.7. The van der Waals surface area contributed by atoms with Crippen LogP contribution in [0.1, 0.15) is 409 Å². The number of unbranched alkanes of at least 4 members (excludes halogenated alkanes) is 40. The van der Waals surface area contributed by atoms with Gasteiger partial charge in [0.15, 0.2) is 12.2 Å². The molecule has 0 aromatic carbocycles. The fraction of sp³-hybridized carbons (Fsp3) is 0.950. The van der Waals surface area contributed by atoms with Gasteiger partial charge < -0.3 is 33.8 Å². The van der Waals surface area contributed by atoms with Gasteiger partial charge in [0, 0.05) is 25.7 Å². The van der Waals surface area contributed by atoms with E-state index in [2.05, 4.69) is 55.4 Å². The maximum atomic E-state index is 13.1. The van der Waals surface area contributed by atoms with E-state index in [9.17, 15) is 43.2 Å². The SMILES string of the molecule is CCC(C)CCCCCCCCCCCCCCCCCCCCC(=O)O[C@H](COC(=O)CCCCCCCCCCCCCCC(C)C)COP(=O)(O)OC[C@@H](O)COP(=O)(O)OC[C@@H](COC(=O)CCCCCCCCC(C)CC)OC(=O)CCCCCCCCCCC(C)CC. The van der Waals surface area contributed by atoms with Crippen LogP contribution in [-0.4, -0.2) is 96.7 Å². The van der Waals surface area contributed by atoms with Crippen molar-refractivity contribution in [2.45, 2.75) is 427 Å². The molecule has 3 N–H and O–H groups in total. The number of phosphoric acid groups is 2. The summed E-state index contributed by atoms with van der Waals surface area (Å²) in [7, 11) is -9.92. The summed E-state index contributed by atoms with van der Waals surface area (Å²) in [5, 5.41) is 10.6. The fourth-order valence-corrected chi connectivity index (χ4v) is 13.7. The first-order valence-corrected chi connectivity index (χ1v) is 44.3. The Bertz CT molecular complexity index is 1940. The maximum absolute atomic E-state index is 13.1. The third-order valence-electron chi connectivity index (χ3n) is 19.7. The Kier molecular flexibility index (Phi) is 67.8. The molecule has 588 valence electrons. The molecule has 0 spiro atoms. The van der Waals surface area contributed by atoms with Gasteiger partial charge in [-0.2, -0.15) is 0 Å². The lowest BCUT2D eigenvalue weighted by atomic mass is 9.99. The Morgan fingerprint density at radius 2 is 0.485 bits per heavy atom. The van der Waals surface area contributed by atoms with Crippen molar-refractivity contribution in [1.29, 1.82) is 0 Å². The summed E-state index contributed by atoms with van der Waals surface area (Å²) in [5.74, 6) is 1.03. The number of rotatable bonds is 77. The van der Waals surface area contributed by atoms with Crippen LogP contribution >= 0.6 is 15.6 Å². The highest BCUT2D eigenvalue weighted by molar-refractivity contribution is 7.47. The summed E-state index contributed by atoms with van der Waals surface area (Å²) in [6.07, 6.45) is 55.5. The molecule has 0 bridgehead atoms. The number of ether oxygens (including phenoxy) is 4. The van der Waals surface area contributed by atoms with Crippen LogP contribution in [0, 0.1) is 23.7 Å². The molecule has 5 unspecified atom stereocenters. The van der Waals surface area contributed by atoms with Gasteiger partial charge in [0.25, 0.3) is 0 Å². The van der Waals surface area contributed by atoms with E-state index in [0.717, 1.165) is 120 Å². The van der Waals surface area contributed by atoms with E-state index in [4.69, 9.17) is 37.0 Å². The first-order valence-electron chi connectivity index (χ1n) is 41.3. The van der Waals surface area contributed by atoms with Crippen molar-refractivity contribution in [3.8, 4) is 0 Å². The minimum atomic E-state index is -4.96. The van der Waals surface area contributed by atoms with Gasteiger partial charge in [0.1, 0.15) is 19.3 Å². The smallest absolute Gasteiger partial charge is 0.462 e. The van der Waals surface area contributed by atoms with Crippen LogP contribution in [0.5, 0.6) is 0 Å². The van der Waals surface area contributed by atoms with Crippen LogP contribution in [-0.2, 0) is 65.4 Å². The summed E-state index contributed by atoms with van der Waals surface area (Å²) in [6, 6.07) is 0. The molecule has 0 aliphatic rings. The number of carbonyl (C=O) groups is 4. The van der Waals surface area contributed by atoms with Crippen molar-refractivity contribution >= 4 is 39.5 Å². The zero-order valence-electron chi connectivity index (χ0n) is 65.1. The molecule has 8 atom stereocenters. The molecule has 0 saturated heterocycles. The number of hydrogen-bond acceptors (Lipinski definition) is 15. The molecule has 0 rings (SSSR count).